The Hall–Kier alpha value is -2.83. The maximum atomic E-state index is 12.1. The molecule has 0 radical (unpaired) electrons. The van der Waals surface area contributed by atoms with Crippen molar-refractivity contribution in [3.8, 4) is 0 Å². The van der Waals surface area contributed by atoms with E-state index in [1.54, 1.807) is 33.0 Å². The molecule has 2 rings (SSSR count). The van der Waals surface area contributed by atoms with Crippen LogP contribution in [0.5, 0.6) is 0 Å². The molecule has 1 heterocycles. The third kappa shape index (κ3) is 3.43. The van der Waals surface area contributed by atoms with Gasteiger partial charge in [-0.05, 0) is 26.0 Å². The number of amides is 2. The zero-order chi connectivity index (χ0) is 16.1. The van der Waals surface area contributed by atoms with Gasteiger partial charge in [-0.15, -0.1) is 0 Å². The van der Waals surface area contributed by atoms with Gasteiger partial charge in [0, 0.05) is 12.7 Å². The summed E-state index contributed by atoms with van der Waals surface area (Å²) in [7, 11) is 1.65. The minimum Gasteiger partial charge on any atom is -0.462 e. The topological polar surface area (TPSA) is 85.2 Å². The standard InChI is InChI=1S/C15H18N4O3/c1-4-22-14(20)12-10(2)18-19(3)13(12)17-15(21)16-11-8-6-5-7-9-11/h5-9H,4H2,1-3H3,(H2,16,17,21). The van der Waals surface area contributed by atoms with Gasteiger partial charge < -0.3 is 10.1 Å². The summed E-state index contributed by atoms with van der Waals surface area (Å²) in [5.41, 5.74) is 1.40. The molecule has 0 saturated carbocycles. The molecule has 116 valence electrons. The quantitative estimate of drug-likeness (QED) is 0.850. The first kappa shape index (κ1) is 15.6. The number of carbonyl (C=O) groups excluding carboxylic acids is 2. The Kier molecular flexibility index (Phi) is 4.77. The van der Waals surface area contributed by atoms with Gasteiger partial charge in [-0.2, -0.15) is 5.10 Å². The Morgan fingerprint density at radius 2 is 1.91 bits per heavy atom. The van der Waals surface area contributed by atoms with Gasteiger partial charge in [0.1, 0.15) is 11.4 Å². The van der Waals surface area contributed by atoms with Crippen molar-refractivity contribution in [3.63, 3.8) is 0 Å². The molecule has 0 atom stereocenters. The molecular formula is C15H18N4O3. The van der Waals surface area contributed by atoms with Crippen LogP contribution >= 0.6 is 0 Å². The molecule has 0 saturated heterocycles. The van der Waals surface area contributed by atoms with E-state index in [4.69, 9.17) is 4.74 Å². The normalized spacial score (nSPS) is 10.1. The zero-order valence-electron chi connectivity index (χ0n) is 12.7. The number of para-hydroxylation sites is 1. The van der Waals surface area contributed by atoms with Crippen LogP contribution < -0.4 is 10.6 Å². The average molecular weight is 302 g/mol. The van der Waals surface area contributed by atoms with Crippen LogP contribution in [0.25, 0.3) is 0 Å². The largest absolute Gasteiger partial charge is 0.462 e. The summed E-state index contributed by atoms with van der Waals surface area (Å²) in [6, 6.07) is 8.55. The fourth-order valence-electron chi connectivity index (χ4n) is 2.04. The van der Waals surface area contributed by atoms with Gasteiger partial charge >= 0.3 is 12.0 Å². The van der Waals surface area contributed by atoms with Crippen LogP contribution in [0, 0.1) is 6.92 Å². The zero-order valence-corrected chi connectivity index (χ0v) is 12.7. The Bertz CT molecular complexity index is 680. The van der Waals surface area contributed by atoms with Crippen molar-refractivity contribution in [2.24, 2.45) is 7.05 Å². The number of rotatable bonds is 4. The highest BCUT2D eigenvalue weighted by molar-refractivity contribution is 6.04. The summed E-state index contributed by atoms with van der Waals surface area (Å²) < 4.78 is 6.44. The summed E-state index contributed by atoms with van der Waals surface area (Å²) >= 11 is 0. The molecule has 0 bridgehead atoms. The highest BCUT2D eigenvalue weighted by atomic mass is 16.5. The van der Waals surface area contributed by atoms with Crippen molar-refractivity contribution in [1.82, 2.24) is 9.78 Å². The molecule has 0 spiro atoms. The van der Waals surface area contributed by atoms with Crippen molar-refractivity contribution in [2.45, 2.75) is 13.8 Å². The van der Waals surface area contributed by atoms with Crippen LogP contribution in [0.15, 0.2) is 30.3 Å². The average Bonchev–Trinajstić information content (AvgIpc) is 2.74. The smallest absolute Gasteiger partial charge is 0.343 e. The summed E-state index contributed by atoms with van der Waals surface area (Å²) in [4.78, 5) is 24.1. The van der Waals surface area contributed by atoms with Gasteiger partial charge in [-0.25, -0.2) is 9.59 Å². The maximum Gasteiger partial charge on any atom is 0.343 e. The monoisotopic (exact) mass is 302 g/mol. The number of benzene rings is 1. The second-order valence-corrected chi connectivity index (χ2v) is 4.60. The molecule has 7 nitrogen and oxygen atoms in total. The predicted molar refractivity (Wildman–Crippen MR) is 83.0 cm³/mol. The van der Waals surface area contributed by atoms with Gasteiger partial charge in [0.25, 0.3) is 0 Å². The lowest BCUT2D eigenvalue weighted by molar-refractivity contribution is 0.0526. The lowest BCUT2D eigenvalue weighted by Gasteiger charge is -2.09. The summed E-state index contributed by atoms with van der Waals surface area (Å²) in [5.74, 6) is -0.215. The van der Waals surface area contributed by atoms with E-state index in [0.717, 1.165) is 0 Å². The molecule has 22 heavy (non-hydrogen) atoms. The number of anilines is 2. The van der Waals surface area contributed by atoms with E-state index in [1.165, 1.54) is 4.68 Å². The Balaban J connectivity index is 2.18. The number of hydrogen-bond donors (Lipinski definition) is 2. The summed E-state index contributed by atoms with van der Waals surface area (Å²) in [6.07, 6.45) is 0. The van der Waals surface area contributed by atoms with E-state index >= 15 is 0 Å². The number of urea groups is 1. The number of nitrogens with zero attached hydrogens (tertiary/aromatic N) is 2. The van der Waals surface area contributed by atoms with Gasteiger partial charge in [0.15, 0.2) is 0 Å². The maximum absolute atomic E-state index is 12.1. The number of aromatic nitrogens is 2. The highest BCUT2D eigenvalue weighted by Gasteiger charge is 2.22. The van der Waals surface area contributed by atoms with Crippen molar-refractivity contribution in [2.75, 3.05) is 17.2 Å². The van der Waals surface area contributed by atoms with E-state index in [2.05, 4.69) is 15.7 Å². The van der Waals surface area contributed by atoms with Gasteiger partial charge in [0.2, 0.25) is 0 Å². The van der Waals surface area contributed by atoms with E-state index in [0.29, 0.717) is 17.2 Å². The summed E-state index contributed by atoms with van der Waals surface area (Å²) in [6.45, 7) is 3.66. The number of hydrogen-bond acceptors (Lipinski definition) is 4. The van der Waals surface area contributed by atoms with Crippen LogP contribution in [-0.4, -0.2) is 28.4 Å². The Morgan fingerprint density at radius 3 is 2.55 bits per heavy atom. The van der Waals surface area contributed by atoms with Crippen LogP contribution in [0.3, 0.4) is 0 Å². The number of aryl methyl sites for hydroxylation is 2. The fraction of sp³-hybridized carbons (Fsp3) is 0.267. The van der Waals surface area contributed by atoms with E-state index < -0.39 is 12.0 Å². The minimum atomic E-state index is -0.511. The first-order valence-electron chi connectivity index (χ1n) is 6.86. The molecule has 7 heteroatoms. The van der Waals surface area contributed by atoms with E-state index in [-0.39, 0.29) is 12.2 Å². The Morgan fingerprint density at radius 1 is 1.23 bits per heavy atom. The lowest BCUT2D eigenvalue weighted by atomic mass is 10.2. The molecule has 1 aromatic heterocycles. The van der Waals surface area contributed by atoms with Crippen LogP contribution in [0.1, 0.15) is 23.0 Å². The Labute approximate surface area is 128 Å². The number of ether oxygens (including phenoxy) is 1. The van der Waals surface area contributed by atoms with Gasteiger partial charge in [-0.3, -0.25) is 10.00 Å². The van der Waals surface area contributed by atoms with Crippen LogP contribution in [0.4, 0.5) is 16.3 Å². The number of nitrogens with one attached hydrogen (secondary N) is 2. The molecule has 0 unspecified atom stereocenters. The first-order chi connectivity index (χ1) is 10.5. The number of esters is 1. The third-order valence-electron chi connectivity index (χ3n) is 2.97. The third-order valence-corrected chi connectivity index (χ3v) is 2.97. The van der Waals surface area contributed by atoms with Crippen molar-refractivity contribution < 1.29 is 14.3 Å². The molecular weight excluding hydrogens is 284 g/mol. The van der Waals surface area contributed by atoms with E-state index in [9.17, 15) is 9.59 Å². The van der Waals surface area contributed by atoms with Gasteiger partial charge in [-0.1, -0.05) is 18.2 Å². The highest BCUT2D eigenvalue weighted by Crippen LogP contribution is 2.20. The van der Waals surface area contributed by atoms with Crippen molar-refractivity contribution in [1.29, 1.82) is 0 Å². The molecule has 0 aliphatic rings. The lowest BCUT2D eigenvalue weighted by Crippen LogP contribution is -2.22. The molecule has 0 aliphatic carbocycles. The molecule has 0 aliphatic heterocycles. The molecule has 2 aromatic rings. The minimum absolute atomic E-state index is 0.253. The number of carbonyl (C=O) groups is 2. The first-order valence-corrected chi connectivity index (χ1v) is 6.86. The van der Waals surface area contributed by atoms with Crippen molar-refractivity contribution >= 4 is 23.5 Å². The summed E-state index contributed by atoms with van der Waals surface area (Å²) in [5, 5.41) is 9.47. The SMILES string of the molecule is CCOC(=O)c1c(C)nn(C)c1NC(=O)Nc1ccccc1. The molecule has 1 aromatic carbocycles. The molecule has 2 amide bonds. The predicted octanol–water partition coefficient (Wildman–Crippen LogP) is 2.55. The van der Waals surface area contributed by atoms with Gasteiger partial charge in [0.05, 0.1) is 12.3 Å². The van der Waals surface area contributed by atoms with E-state index in [1.807, 2.05) is 18.2 Å². The van der Waals surface area contributed by atoms with Crippen LogP contribution in [-0.2, 0) is 11.8 Å². The van der Waals surface area contributed by atoms with Crippen LogP contribution in [0.2, 0.25) is 0 Å². The second kappa shape index (κ2) is 6.75. The fourth-order valence-corrected chi connectivity index (χ4v) is 2.04. The molecule has 2 N–H and O–H groups in total. The van der Waals surface area contributed by atoms with Crippen molar-refractivity contribution in [3.05, 3.63) is 41.6 Å². The molecule has 0 fully saturated rings. The second-order valence-electron chi connectivity index (χ2n) is 4.60.